The first-order valence-electron chi connectivity index (χ1n) is 7.44. The smallest absolute Gasteiger partial charge is 0.128 e. The lowest BCUT2D eigenvalue weighted by Crippen LogP contribution is -2.14. The van der Waals surface area contributed by atoms with Crippen molar-refractivity contribution < 1.29 is 9.15 Å². The zero-order chi connectivity index (χ0) is 15.7. The van der Waals surface area contributed by atoms with Crippen molar-refractivity contribution in [3.05, 3.63) is 42.5 Å². The number of methoxy groups -OCH3 is 1. The van der Waals surface area contributed by atoms with Crippen molar-refractivity contribution in [2.75, 3.05) is 27.7 Å². The van der Waals surface area contributed by atoms with E-state index in [2.05, 4.69) is 42.9 Å². The van der Waals surface area contributed by atoms with Crippen LogP contribution >= 0.6 is 0 Å². The third-order valence-corrected chi connectivity index (χ3v) is 4.04. The molecule has 0 aliphatic heterocycles. The SMILES string of the molecule is COc1ccc(-c2ccoc2)c2c1c(CCN(C)C)cn2C. The predicted molar refractivity (Wildman–Crippen MR) is 89.4 cm³/mol. The Hall–Kier alpha value is -2.20. The van der Waals surface area contributed by atoms with E-state index in [-0.39, 0.29) is 0 Å². The normalized spacial score (nSPS) is 11.5. The van der Waals surface area contributed by atoms with Gasteiger partial charge in [-0.25, -0.2) is 0 Å². The van der Waals surface area contributed by atoms with E-state index >= 15 is 0 Å². The Morgan fingerprint density at radius 3 is 2.68 bits per heavy atom. The molecule has 0 radical (unpaired) electrons. The number of aromatic nitrogens is 1. The molecule has 0 fully saturated rings. The van der Waals surface area contributed by atoms with Crippen LogP contribution in [0.25, 0.3) is 22.0 Å². The number of aryl methyl sites for hydroxylation is 1. The number of hydrogen-bond acceptors (Lipinski definition) is 3. The maximum atomic E-state index is 5.61. The summed E-state index contributed by atoms with van der Waals surface area (Å²) in [5, 5.41) is 1.20. The largest absolute Gasteiger partial charge is 0.496 e. The van der Waals surface area contributed by atoms with E-state index in [1.54, 1.807) is 19.6 Å². The van der Waals surface area contributed by atoms with Gasteiger partial charge in [-0.1, -0.05) is 0 Å². The molecule has 2 aromatic heterocycles. The summed E-state index contributed by atoms with van der Waals surface area (Å²) in [6, 6.07) is 6.14. The Balaban J connectivity index is 2.21. The van der Waals surface area contributed by atoms with Gasteiger partial charge in [-0.2, -0.15) is 0 Å². The Bertz CT molecular complexity index is 770. The van der Waals surface area contributed by atoms with Crippen LogP contribution < -0.4 is 4.74 Å². The van der Waals surface area contributed by atoms with Crippen molar-refractivity contribution >= 4 is 10.9 Å². The van der Waals surface area contributed by atoms with Crippen LogP contribution in [0.4, 0.5) is 0 Å². The first kappa shape index (κ1) is 14.7. The van der Waals surface area contributed by atoms with E-state index in [9.17, 15) is 0 Å². The average Bonchev–Trinajstić information content (AvgIpc) is 3.13. The van der Waals surface area contributed by atoms with E-state index in [1.165, 1.54) is 22.0 Å². The van der Waals surface area contributed by atoms with Gasteiger partial charge in [-0.05, 0) is 44.3 Å². The van der Waals surface area contributed by atoms with Gasteiger partial charge < -0.3 is 18.6 Å². The van der Waals surface area contributed by atoms with Gasteiger partial charge in [0.1, 0.15) is 5.75 Å². The van der Waals surface area contributed by atoms with Gasteiger partial charge in [0.05, 0.1) is 25.2 Å². The highest BCUT2D eigenvalue weighted by Gasteiger charge is 2.16. The number of furan rings is 1. The molecular weight excluding hydrogens is 276 g/mol. The second-order valence-corrected chi connectivity index (χ2v) is 5.87. The van der Waals surface area contributed by atoms with Gasteiger partial charge >= 0.3 is 0 Å². The molecule has 0 aliphatic carbocycles. The zero-order valence-corrected chi connectivity index (χ0v) is 13.6. The topological polar surface area (TPSA) is 30.5 Å². The lowest BCUT2D eigenvalue weighted by molar-refractivity contribution is 0.411. The minimum absolute atomic E-state index is 0.927. The van der Waals surface area contributed by atoms with Crippen molar-refractivity contribution in [3.63, 3.8) is 0 Å². The highest BCUT2D eigenvalue weighted by atomic mass is 16.5. The Kier molecular flexibility index (Phi) is 3.94. The van der Waals surface area contributed by atoms with Crippen LogP contribution in [0.1, 0.15) is 5.56 Å². The Morgan fingerprint density at radius 2 is 2.05 bits per heavy atom. The fourth-order valence-corrected chi connectivity index (χ4v) is 2.97. The number of benzene rings is 1. The number of likely N-dealkylation sites (N-methyl/N-ethyl adjacent to an activating group) is 1. The van der Waals surface area contributed by atoms with Crippen LogP contribution in [0.3, 0.4) is 0 Å². The van der Waals surface area contributed by atoms with E-state index in [1.807, 2.05) is 12.1 Å². The number of fused-ring (bicyclic) bond motifs is 1. The third kappa shape index (κ3) is 2.50. The fourth-order valence-electron chi connectivity index (χ4n) is 2.97. The first-order valence-corrected chi connectivity index (χ1v) is 7.44. The minimum Gasteiger partial charge on any atom is -0.496 e. The van der Waals surface area contributed by atoms with E-state index in [0.717, 1.165) is 24.3 Å². The Morgan fingerprint density at radius 1 is 1.23 bits per heavy atom. The van der Waals surface area contributed by atoms with Crippen molar-refractivity contribution in [3.8, 4) is 16.9 Å². The lowest BCUT2D eigenvalue weighted by Gasteiger charge is -2.11. The summed E-state index contributed by atoms with van der Waals surface area (Å²) in [6.07, 6.45) is 6.70. The summed E-state index contributed by atoms with van der Waals surface area (Å²) in [4.78, 5) is 2.20. The second kappa shape index (κ2) is 5.89. The molecular formula is C18H22N2O2. The van der Waals surface area contributed by atoms with E-state index < -0.39 is 0 Å². The molecule has 2 heterocycles. The van der Waals surface area contributed by atoms with Gasteiger partial charge in [0.15, 0.2) is 0 Å². The molecule has 0 bridgehead atoms. The number of rotatable bonds is 5. The summed E-state index contributed by atoms with van der Waals surface area (Å²) in [7, 11) is 8.01. The van der Waals surface area contributed by atoms with E-state index in [0.29, 0.717) is 0 Å². The molecule has 0 aliphatic rings. The summed E-state index contributed by atoms with van der Waals surface area (Å²) in [5.41, 5.74) is 4.76. The first-order chi connectivity index (χ1) is 10.6. The van der Waals surface area contributed by atoms with Gasteiger partial charge in [0.2, 0.25) is 0 Å². The predicted octanol–water partition coefficient (Wildman–Crippen LogP) is 3.55. The van der Waals surface area contributed by atoms with Crippen molar-refractivity contribution in [1.29, 1.82) is 0 Å². The quantitative estimate of drug-likeness (QED) is 0.721. The zero-order valence-electron chi connectivity index (χ0n) is 13.6. The second-order valence-electron chi connectivity index (χ2n) is 5.87. The molecule has 4 nitrogen and oxygen atoms in total. The molecule has 0 N–H and O–H groups in total. The lowest BCUT2D eigenvalue weighted by atomic mass is 10.0. The third-order valence-electron chi connectivity index (χ3n) is 4.04. The maximum Gasteiger partial charge on any atom is 0.128 e. The van der Waals surface area contributed by atoms with Crippen molar-refractivity contribution in [1.82, 2.24) is 9.47 Å². The highest BCUT2D eigenvalue weighted by molar-refractivity contribution is 6.00. The van der Waals surface area contributed by atoms with Crippen LogP contribution in [0, 0.1) is 0 Å². The molecule has 0 saturated heterocycles. The molecule has 0 saturated carbocycles. The molecule has 3 aromatic rings. The van der Waals surface area contributed by atoms with Crippen LogP contribution in [0.2, 0.25) is 0 Å². The van der Waals surface area contributed by atoms with Crippen molar-refractivity contribution in [2.45, 2.75) is 6.42 Å². The molecule has 0 atom stereocenters. The van der Waals surface area contributed by atoms with Crippen LogP contribution in [0.5, 0.6) is 5.75 Å². The van der Waals surface area contributed by atoms with Crippen LogP contribution in [0.15, 0.2) is 41.3 Å². The fraction of sp³-hybridized carbons (Fsp3) is 0.333. The number of nitrogens with zero attached hydrogens (tertiary/aromatic N) is 2. The van der Waals surface area contributed by atoms with Crippen LogP contribution in [-0.4, -0.2) is 37.2 Å². The summed E-state index contributed by atoms with van der Waals surface area (Å²) in [5.74, 6) is 0.927. The van der Waals surface area contributed by atoms with Gasteiger partial charge in [-0.3, -0.25) is 0 Å². The summed E-state index contributed by atoms with van der Waals surface area (Å²) in [6.45, 7) is 1.01. The van der Waals surface area contributed by atoms with Gasteiger partial charge in [0.25, 0.3) is 0 Å². The molecule has 0 unspecified atom stereocenters. The molecule has 0 amide bonds. The van der Waals surface area contributed by atoms with E-state index in [4.69, 9.17) is 9.15 Å². The summed E-state index contributed by atoms with van der Waals surface area (Å²) < 4.78 is 13.0. The maximum absolute atomic E-state index is 5.61. The average molecular weight is 298 g/mol. The Labute approximate surface area is 130 Å². The molecule has 3 rings (SSSR count). The molecule has 4 heteroatoms. The summed E-state index contributed by atoms with van der Waals surface area (Å²) >= 11 is 0. The van der Waals surface area contributed by atoms with Gasteiger partial charge in [-0.15, -0.1) is 0 Å². The minimum atomic E-state index is 0.927. The molecule has 1 aromatic carbocycles. The molecule has 116 valence electrons. The highest BCUT2D eigenvalue weighted by Crippen LogP contribution is 2.37. The number of hydrogen-bond donors (Lipinski definition) is 0. The van der Waals surface area contributed by atoms with Crippen LogP contribution in [-0.2, 0) is 13.5 Å². The standard InChI is InChI=1S/C18H22N2O2/c1-19(2)9-7-13-11-20(3)18-15(14-8-10-22-12-14)5-6-16(21-4)17(13)18/h5-6,8,10-12H,7,9H2,1-4H3. The monoisotopic (exact) mass is 298 g/mol. The van der Waals surface area contributed by atoms with Gasteiger partial charge in [0, 0.05) is 36.3 Å². The number of ether oxygens (including phenoxy) is 1. The van der Waals surface area contributed by atoms with Crippen molar-refractivity contribution in [2.24, 2.45) is 7.05 Å². The molecule has 0 spiro atoms. The molecule has 22 heavy (non-hydrogen) atoms.